The first-order chi connectivity index (χ1) is 16.9. The molecule has 180 valence electrons. The topological polar surface area (TPSA) is 107 Å². The van der Waals surface area contributed by atoms with Gasteiger partial charge in [-0.1, -0.05) is 18.9 Å². The molecule has 2 aromatic heterocycles. The van der Waals surface area contributed by atoms with E-state index in [9.17, 15) is 14.9 Å². The lowest BCUT2D eigenvalue weighted by Gasteiger charge is -2.30. The number of likely N-dealkylation sites (N-methyl/N-ethyl adjacent to an activating group) is 1. The van der Waals surface area contributed by atoms with Crippen LogP contribution >= 0.6 is 0 Å². The van der Waals surface area contributed by atoms with Crippen molar-refractivity contribution in [1.82, 2.24) is 24.3 Å². The van der Waals surface area contributed by atoms with Gasteiger partial charge in [0.25, 0.3) is 5.56 Å². The molecule has 2 aliphatic rings. The van der Waals surface area contributed by atoms with Gasteiger partial charge in [0.2, 0.25) is 11.9 Å². The second kappa shape index (κ2) is 9.47. The molecule has 3 aromatic rings. The van der Waals surface area contributed by atoms with E-state index in [-0.39, 0.29) is 23.1 Å². The molecule has 9 heteroatoms. The maximum atomic E-state index is 13.0. The number of pyridine rings is 1. The Morgan fingerprint density at radius 3 is 2.77 bits per heavy atom. The summed E-state index contributed by atoms with van der Waals surface area (Å²) in [5.74, 6) is 0.548. The van der Waals surface area contributed by atoms with Crippen LogP contribution in [0.4, 0.5) is 11.6 Å². The molecule has 5 rings (SSSR count). The van der Waals surface area contributed by atoms with Crippen LogP contribution in [0.1, 0.15) is 48.4 Å². The molecule has 0 bridgehead atoms. The number of carbonyl (C=O) groups is 1. The molecule has 1 amide bonds. The maximum Gasteiger partial charge on any atom is 0.270 e. The Labute approximate surface area is 204 Å². The summed E-state index contributed by atoms with van der Waals surface area (Å²) in [5, 5.41) is 13.4. The lowest BCUT2D eigenvalue weighted by molar-refractivity contribution is -0.132. The van der Waals surface area contributed by atoms with Crippen molar-refractivity contribution in [2.45, 2.75) is 44.7 Å². The van der Waals surface area contributed by atoms with Crippen LogP contribution in [-0.2, 0) is 17.8 Å². The minimum atomic E-state index is -0.279. The number of fused-ring (bicyclic) bond motifs is 2. The summed E-state index contributed by atoms with van der Waals surface area (Å²) in [6.07, 6.45) is 6.42. The quantitative estimate of drug-likeness (QED) is 0.610. The molecule has 35 heavy (non-hydrogen) atoms. The Kier molecular flexibility index (Phi) is 6.22. The first-order valence-electron chi connectivity index (χ1n) is 12.1. The van der Waals surface area contributed by atoms with Gasteiger partial charge in [0.05, 0.1) is 6.54 Å². The molecule has 0 radical (unpaired) electrons. The minimum absolute atomic E-state index is 0.0583. The number of rotatable bonds is 5. The number of nitrogens with one attached hydrogen (secondary N) is 1. The van der Waals surface area contributed by atoms with E-state index < -0.39 is 0 Å². The number of nitriles is 1. The summed E-state index contributed by atoms with van der Waals surface area (Å²) in [6.45, 7) is 1.73. The fourth-order valence-electron chi connectivity index (χ4n) is 5.10. The van der Waals surface area contributed by atoms with Gasteiger partial charge in [0, 0.05) is 36.4 Å². The fourth-order valence-corrected chi connectivity index (χ4v) is 5.10. The monoisotopic (exact) mass is 471 g/mol. The number of carbonyl (C=O) groups excluding carboxylic acids is 1. The van der Waals surface area contributed by atoms with Gasteiger partial charge in [-0.25, -0.2) is 4.98 Å². The second-order valence-corrected chi connectivity index (χ2v) is 9.67. The van der Waals surface area contributed by atoms with E-state index in [1.54, 1.807) is 16.8 Å². The van der Waals surface area contributed by atoms with Gasteiger partial charge in [-0.2, -0.15) is 10.2 Å². The molecule has 1 N–H and O–H groups in total. The Morgan fingerprint density at radius 1 is 1.23 bits per heavy atom. The van der Waals surface area contributed by atoms with Crippen LogP contribution in [0, 0.1) is 11.3 Å². The minimum Gasteiger partial charge on any atom is -0.337 e. The van der Waals surface area contributed by atoms with Crippen LogP contribution < -0.4 is 10.9 Å². The first-order valence-corrected chi connectivity index (χ1v) is 12.1. The molecule has 0 atom stereocenters. The molecule has 1 aliphatic carbocycles. The predicted octanol–water partition coefficient (Wildman–Crippen LogP) is 2.97. The molecular weight excluding hydrogens is 442 g/mol. The summed E-state index contributed by atoms with van der Waals surface area (Å²) in [7, 11) is 3.80. The summed E-state index contributed by atoms with van der Waals surface area (Å²) in [6, 6.07) is 9.75. The van der Waals surface area contributed by atoms with Crippen molar-refractivity contribution in [2.24, 2.45) is 0 Å². The highest BCUT2D eigenvalue weighted by Gasteiger charge is 2.23. The average molecular weight is 472 g/mol. The van der Waals surface area contributed by atoms with Gasteiger partial charge in [-0.3, -0.25) is 14.2 Å². The van der Waals surface area contributed by atoms with Gasteiger partial charge in [-0.15, -0.1) is 0 Å². The summed E-state index contributed by atoms with van der Waals surface area (Å²) in [5.41, 5.74) is 3.62. The predicted molar refractivity (Wildman–Crippen MR) is 133 cm³/mol. The Bertz CT molecular complexity index is 1380. The van der Waals surface area contributed by atoms with E-state index >= 15 is 0 Å². The smallest absolute Gasteiger partial charge is 0.270 e. The average Bonchev–Trinajstić information content (AvgIpc) is 3.37. The number of hydrogen-bond donors (Lipinski definition) is 1. The molecule has 1 aliphatic heterocycles. The van der Waals surface area contributed by atoms with Crippen molar-refractivity contribution in [2.75, 3.05) is 32.5 Å². The molecule has 0 spiro atoms. The zero-order chi connectivity index (χ0) is 24.5. The fraction of sp³-hybridized carbons (Fsp3) is 0.423. The highest BCUT2D eigenvalue weighted by molar-refractivity contribution is 5.79. The van der Waals surface area contributed by atoms with Crippen molar-refractivity contribution in [3.05, 3.63) is 57.5 Å². The van der Waals surface area contributed by atoms with Crippen LogP contribution in [0.2, 0.25) is 0 Å². The SMILES string of the molecule is CN(C)CC(=O)N1CCc2cc(Nc3ncc4cc(C#N)c(=O)n(C5CCCC5)c4n3)ccc2C1. The molecule has 0 unspecified atom stereocenters. The van der Waals surface area contributed by atoms with Crippen LogP contribution in [0.3, 0.4) is 0 Å². The van der Waals surface area contributed by atoms with Crippen molar-refractivity contribution in [3.63, 3.8) is 0 Å². The third kappa shape index (κ3) is 4.62. The zero-order valence-corrected chi connectivity index (χ0v) is 20.1. The van der Waals surface area contributed by atoms with Crippen molar-refractivity contribution >= 4 is 28.6 Å². The van der Waals surface area contributed by atoms with Crippen molar-refractivity contribution < 1.29 is 4.79 Å². The van der Waals surface area contributed by atoms with Gasteiger partial charge < -0.3 is 15.1 Å². The van der Waals surface area contributed by atoms with Crippen LogP contribution in [-0.4, -0.2) is 57.4 Å². The molecule has 1 fully saturated rings. The highest BCUT2D eigenvalue weighted by Crippen LogP contribution is 2.31. The van der Waals surface area contributed by atoms with E-state index in [1.165, 1.54) is 5.56 Å². The molecule has 9 nitrogen and oxygen atoms in total. The Hall–Kier alpha value is -3.77. The molecule has 3 heterocycles. The number of benzene rings is 1. The Morgan fingerprint density at radius 2 is 2.03 bits per heavy atom. The third-order valence-electron chi connectivity index (χ3n) is 6.86. The number of anilines is 2. The Balaban J connectivity index is 1.41. The largest absolute Gasteiger partial charge is 0.337 e. The molecule has 0 saturated heterocycles. The number of nitrogens with zero attached hydrogens (tertiary/aromatic N) is 6. The van der Waals surface area contributed by atoms with E-state index in [2.05, 4.69) is 16.4 Å². The van der Waals surface area contributed by atoms with Gasteiger partial charge >= 0.3 is 0 Å². The van der Waals surface area contributed by atoms with E-state index in [4.69, 9.17) is 4.98 Å². The van der Waals surface area contributed by atoms with Gasteiger partial charge in [-0.05, 0) is 62.7 Å². The summed E-state index contributed by atoms with van der Waals surface area (Å²) < 4.78 is 1.69. The standard InChI is InChI=1S/C26H29N7O2/c1-31(2)16-23(34)32-10-9-17-12-21(8-7-18(17)15-32)29-26-28-14-20-11-19(13-27)25(35)33(24(20)30-26)22-5-3-4-6-22/h7-8,11-12,14,22H,3-6,9-10,15-16H2,1-2H3,(H,28,29,30). The summed E-state index contributed by atoms with van der Waals surface area (Å²) >= 11 is 0. The van der Waals surface area contributed by atoms with Crippen LogP contribution in [0.15, 0.2) is 35.3 Å². The number of aromatic nitrogens is 3. The van der Waals surface area contributed by atoms with E-state index in [0.717, 1.165) is 43.4 Å². The highest BCUT2D eigenvalue weighted by atomic mass is 16.2. The third-order valence-corrected chi connectivity index (χ3v) is 6.86. The van der Waals surface area contributed by atoms with E-state index in [1.807, 2.05) is 42.1 Å². The zero-order valence-electron chi connectivity index (χ0n) is 20.1. The van der Waals surface area contributed by atoms with Gasteiger partial charge in [0.1, 0.15) is 17.3 Å². The first kappa shape index (κ1) is 23.0. The number of hydrogen-bond acceptors (Lipinski definition) is 7. The maximum absolute atomic E-state index is 13.0. The lowest BCUT2D eigenvalue weighted by Crippen LogP contribution is -2.40. The molecule has 1 aromatic carbocycles. The van der Waals surface area contributed by atoms with Gasteiger partial charge in [0.15, 0.2) is 0 Å². The van der Waals surface area contributed by atoms with Crippen molar-refractivity contribution in [1.29, 1.82) is 5.26 Å². The van der Waals surface area contributed by atoms with Crippen molar-refractivity contribution in [3.8, 4) is 6.07 Å². The van der Waals surface area contributed by atoms with E-state index in [0.29, 0.717) is 36.6 Å². The summed E-state index contributed by atoms with van der Waals surface area (Å²) in [4.78, 5) is 38.4. The molecular formula is C26H29N7O2. The molecule has 1 saturated carbocycles. The second-order valence-electron chi connectivity index (χ2n) is 9.67. The van der Waals surface area contributed by atoms with Crippen LogP contribution in [0.25, 0.3) is 11.0 Å². The number of amides is 1. The normalized spacial score (nSPS) is 15.9. The van der Waals surface area contributed by atoms with Crippen LogP contribution in [0.5, 0.6) is 0 Å². The lowest BCUT2D eigenvalue weighted by atomic mass is 9.99.